The van der Waals surface area contributed by atoms with Crippen LogP contribution in [-0.4, -0.2) is 23.4 Å². The number of amides is 1. The van der Waals surface area contributed by atoms with Gasteiger partial charge in [0.1, 0.15) is 0 Å². The first-order chi connectivity index (χ1) is 9.34. The molecule has 0 radical (unpaired) electrons. The second kappa shape index (κ2) is 5.76. The van der Waals surface area contributed by atoms with Crippen molar-refractivity contribution in [2.75, 3.05) is 6.54 Å². The zero-order valence-corrected chi connectivity index (χ0v) is 12.6. The van der Waals surface area contributed by atoms with Crippen LogP contribution in [0.5, 0.6) is 0 Å². The van der Waals surface area contributed by atoms with Crippen LogP contribution in [0.3, 0.4) is 0 Å². The molecule has 6 heteroatoms. The smallest absolute Gasteiger partial charge is 0.336 e. The topological polar surface area (TPSA) is 20.3 Å². The van der Waals surface area contributed by atoms with E-state index in [0.29, 0.717) is 6.54 Å². The molecule has 0 aliphatic heterocycles. The van der Waals surface area contributed by atoms with Crippen LogP contribution in [-0.2, 0) is 6.18 Å². The molecule has 0 bridgehead atoms. The molecule has 0 atom stereocenters. The fourth-order valence-electron chi connectivity index (χ4n) is 2.12. The van der Waals surface area contributed by atoms with E-state index in [4.69, 9.17) is 0 Å². The lowest BCUT2D eigenvalue weighted by molar-refractivity contribution is -0.138. The quantitative estimate of drug-likeness (QED) is 0.784. The van der Waals surface area contributed by atoms with Crippen molar-refractivity contribution >= 4 is 21.8 Å². The molecule has 0 unspecified atom stereocenters. The Morgan fingerprint density at radius 1 is 1.40 bits per heavy atom. The number of halogens is 4. The number of rotatable bonds is 4. The normalized spacial score (nSPS) is 15.2. The largest absolute Gasteiger partial charge is 0.417 e. The molecule has 0 saturated heterocycles. The van der Waals surface area contributed by atoms with Gasteiger partial charge in [-0.15, -0.1) is 0 Å². The molecule has 1 aromatic carbocycles. The summed E-state index contributed by atoms with van der Waals surface area (Å²) in [5.41, 5.74) is -0.712. The van der Waals surface area contributed by atoms with Gasteiger partial charge in [-0.1, -0.05) is 22.9 Å². The lowest BCUT2D eigenvalue weighted by Crippen LogP contribution is -2.34. The van der Waals surface area contributed by atoms with E-state index in [1.807, 2.05) is 6.92 Å². The number of hydrogen-bond donors (Lipinski definition) is 0. The minimum atomic E-state index is -4.47. The van der Waals surface area contributed by atoms with Crippen molar-refractivity contribution in [1.29, 1.82) is 0 Å². The van der Waals surface area contributed by atoms with E-state index < -0.39 is 11.7 Å². The average Bonchev–Trinajstić information content (AvgIpc) is 3.18. The summed E-state index contributed by atoms with van der Waals surface area (Å²) in [5.74, 6) is -0.313. The van der Waals surface area contributed by atoms with Gasteiger partial charge in [0.25, 0.3) is 5.91 Å². The monoisotopic (exact) mass is 349 g/mol. The zero-order chi connectivity index (χ0) is 14.9. The summed E-state index contributed by atoms with van der Waals surface area (Å²) in [6.45, 7) is 2.53. The zero-order valence-electron chi connectivity index (χ0n) is 11.0. The van der Waals surface area contributed by atoms with Gasteiger partial charge in [-0.05, 0) is 37.5 Å². The second-order valence-electron chi connectivity index (χ2n) is 4.92. The van der Waals surface area contributed by atoms with Gasteiger partial charge in [0.2, 0.25) is 0 Å². The fourth-order valence-corrected chi connectivity index (χ4v) is 2.59. The second-order valence-corrected chi connectivity index (χ2v) is 5.78. The predicted molar refractivity (Wildman–Crippen MR) is 73.5 cm³/mol. The maximum absolute atomic E-state index is 12.9. The van der Waals surface area contributed by atoms with Crippen LogP contribution in [0.15, 0.2) is 22.7 Å². The van der Waals surface area contributed by atoms with Crippen molar-refractivity contribution in [3.05, 3.63) is 33.8 Å². The fraction of sp³-hybridized carbons (Fsp3) is 0.500. The molecule has 20 heavy (non-hydrogen) atoms. The van der Waals surface area contributed by atoms with Gasteiger partial charge in [0, 0.05) is 22.6 Å². The van der Waals surface area contributed by atoms with E-state index in [2.05, 4.69) is 15.9 Å². The minimum absolute atomic E-state index is 0.0463. The number of carbonyl (C=O) groups is 1. The SMILES string of the molecule is CCCN(C(=O)c1ccc(Br)c(C(F)(F)F)c1)C1CC1. The number of benzene rings is 1. The van der Waals surface area contributed by atoms with Crippen molar-refractivity contribution < 1.29 is 18.0 Å². The van der Waals surface area contributed by atoms with Gasteiger partial charge in [-0.3, -0.25) is 4.79 Å². The highest BCUT2D eigenvalue weighted by molar-refractivity contribution is 9.10. The standard InChI is InChI=1S/C14H15BrF3NO/c1-2-7-19(10-4-5-10)13(20)9-3-6-12(15)11(8-9)14(16,17)18/h3,6,8,10H,2,4-5,7H2,1H3. The number of nitrogens with zero attached hydrogens (tertiary/aromatic N) is 1. The van der Waals surface area contributed by atoms with Crippen LogP contribution < -0.4 is 0 Å². The van der Waals surface area contributed by atoms with E-state index in [0.717, 1.165) is 25.3 Å². The molecule has 2 nitrogen and oxygen atoms in total. The average molecular weight is 350 g/mol. The number of alkyl halides is 3. The highest BCUT2D eigenvalue weighted by atomic mass is 79.9. The molecule has 1 aliphatic rings. The first kappa shape index (κ1) is 15.4. The van der Waals surface area contributed by atoms with Gasteiger partial charge in [0.15, 0.2) is 0 Å². The summed E-state index contributed by atoms with van der Waals surface area (Å²) in [5, 5.41) is 0. The maximum Gasteiger partial charge on any atom is 0.417 e. The van der Waals surface area contributed by atoms with Gasteiger partial charge in [0.05, 0.1) is 5.56 Å². The van der Waals surface area contributed by atoms with Gasteiger partial charge >= 0.3 is 6.18 Å². The van der Waals surface area contributed by atoms with Crippen molar-refractivity contribution in [3.63, 3.8) is 0 Å². The summed E-state index contributed by atoms with van der Waals surface area (Å²) < 4.78 is 38.5. The van der Waals surface area contributed by atoms with E-state index in [9.17, 15) is 18.0 Å². The summed E-state index contributed by atoms with van der Waals surface area (Å²) in [6.07, 6.45) is -1.79. The summed E-state index contributed by atoms with van der Waals surface area (Å²) in [7, 11) is 0. The molecule has 110 valence electrons. The third kappa shape index (κ3) is 3.34. The Morgan fingerprint density at radius 2 is 2.05 bits per heavy atom. The Kier molecular flexibility index (Phi) is 4.42. The Bertz CT molecular complexity index is 512. The Labute approximate surface area is 124 Å². The number of carbonyl (C=O) groups excluding carboxylic acids is 1. The maximum atomic E-state index is 12.9. The first-order valence-electron chi connectivity index (χ1n) is 6.52. The third-order valence-corrected chi connectivity index (χ3v) is 3.92. The Morgan fingerprint density at radius 3 is 2.55 bits per heavy atom. The lowest BCUT2D eigenvalue weighted by atomic mass is 10.1. The molecule has 1 amide bonds. The highest BCUT2D eigenvalue weighted by Gasteiger charge is 2.36. The first-order valence-corrected chi connectivity index (χ1v) is 7.31. The van der Waals surface area contributed by atoms with Crippen LogP contribution in [0.4, 0.5) is 13.2 Å². The van der Waals surface area contributed by atoms with E-state index in [1.54, 1.807) is 4.90 Å². The molecule has 1 aromatic rings. The summed E-state index contributed by atoms with van der Waals surface area (Å²) in [6, 6.07) is 3.84. The Hall–Kier alpha value is -1.04. The summed E-state index contributed by atoms with van der Waals surface area (Å²) in [4.78, 5) is 14.0. The predicted octanol–water partition coefficient (Wildman–Crippen LogP) is 4.48. The molecular formula is C14H15BrF3NO. The molecule has 0 spiro atoms. The van der Waals surface area contributed by atoms with Gasteiger partial charge < -0.3 is 4.90 Å². The van der Waals surface area contributed by atoms with Crippen molar-refractivity contribution in [1.82, 2.24) is 4.90 Å². The van der Waals surface area contributed by atoms with Crippen LogP contribution in [0, 0.1) is 0 Å². The molecular weight excluding hydrogens is 335 g/mol. The van der Waals surface area contributed by atoms with Gasteiger partial charge in [-0.25, -0.2) is 0 Å². The summed E-state index contributed by atoms with van der Waals surface area (Å²) >= 11 is 2.88. The third-order valence-electron chi connectivity index (χ3n) is 3.23. The molecule has 0 aromatic heterocycles. The Balaban J connectivity index is 2.30. The molecule has 1 fully saturated rings. The minimum Gasteiger partial charge on any atom is -0.336 e. The molecule has 0 heterocycles. The van der Waals surface area contributed by atoms with Crippen LogP contribution in [0.1, 0.15) is 42.1 Å². The molecule has 0 N–H and O–H groups in total. The lowest BCUT2D eigenvalue weighted by Gasteiger charge is -2.22. The van der Waals surface area contributed by atoms with Crippen molar-refractivity contribution in [2.45, 2.75) is 38.4 Å². The van der Waals surface area contributed by atoms with E-state index in [1.165, 1.54) is 12.1 Å². The van der Waals surface area contributed by atoms with Crippen LogP contribution >= 0.6 is 15.9 Å². The number of hydrogen-bond acceptors (Lipinski definition) is 1. The van der Waals surface area contributed by atoms with E-state index >= 15 is 0 Å². The molecule has 2 rings (SSSR count). The van der Waals surface area contributed by atoms with E-state index in [-0.39, 0.29) is 22.0 Å². The van der Waals surface area contributed by atoms with Crippen LogP contribution in [0.2, 0.25) is 0 Å². The van der Waals surface area contributed by atoms with Gasteiger partial charge in [-0.2, -0.15) is 13.2 Å². The molecule has 1 aliphatic carbocycles. The highest BCUT2D eigenvalue weighted by Crippen LogP contribution is 2.36. The molecule has 1 saturated carbocycles. The van der Waals surface area contributed by atoms with Crippen molar-refractivity contribution in [2.24, 2.45) is 0 Å². The van der Waals surface area contributed by atoms with Crippen LogP contribution in [0.25, 0.3) is 0 Å². The van der Waals surface area contributed by atoms with Crippen molar-refractivity contribution in [3.8, 4) is 0 Å².